The molecule has 0 fully saturated rings. The molecule has 0 bridgehead atoms. The molecule has 0 unspecified atom stereocenters. The summed E-state index contributed by atoms with van der Waals surface area (Å²) in [6, 6.07) is 5.70. The number of benzene rings is 1. The normalized spacial score (nSPS) is 9.20. The first-order chi connectivity index (χ1) is 6.41. The van der Waals surface area contributed by atoms with Crippen molar-refractivity contribution in [2.24, 2.45) is 5.14 Å². The molecule has 1 aromatic carbocycles. The van der Waals surface area contributed by atoms with Crippen LogP contribution in [-0.2, 0) is 14.8 Å². The van der Waals surface area contributed by atoms with Crippen LogP contribution >= 0.6 is 0 Å². The number of carbonyl (C=O) groups excluding carboxylic acids is 1. The monoisotopic (exact) mass is 238 g/mol. The molecule has 15 heavy (non-hydrogen) atoms. The molecule has 4 N–H and O–H groups in total. The quantitative estimate of drug-likeness (QED) is 0.310. The van der Waals surface area contributed by atoms with Crippen molar-refractivity contribution in [3.8, 4) is 0 Å². The molecular weight excluding hydrogens is 227 g/mol. The van der Waals surface area contributed by atoms with E-state index in [-0.39, 0.29) is 34.5 Å². The smallest absolute Gasteiger partial charge is 0.542 e. The van der Waals surface area contributed by atoms with E-state index in [1.54, 1.807) is 0 Å². The minimum Gasteiger partial charge on any atom is -0.542 e. The van der Waals surface area contributed by atoms with E-state index in [1.807, 2.05) is 0 Å². The summed E-state index contributed by atoms with van der Waals surface area (Å²) in [7, 11) is -3.58. The number of nitrogen functional groups attached to an aromatic ring is 1. The molecule has 0 aromatic heterocycles. The molecule has 0 heterocycles. The minimum atomic E-state index is -3.58. The average Bonchev–Trinajstić information content (AvgIpc) is 2.04. The molecule has 78 valence electrons. The van der Waals surface area contributed by atoms with Crippen molar-refractivity contribution in [3.63, 3.8) is 0 Å². The summed E-state index contributed by atoms with van der Waals surface area (Å²) in [5.41, 5.74) is 5.85. The van der Waals surface area contributed by atoms with Crippen molar-refractivity contribution in [1.29, 1.82) is 0 Å². The number of hydrogen-bond acceptors (Lipinski definition) is 4. The maximum Gasteiger partial charge on any atom is 1.00 e. The van der Waals surface area contributed by atoms with Gasteiger partial charge in [0.2, 0.25) is 10.0 Å². The summed E-state index contributed by atoms with van der Waals surface area (Å²) in [5.74, 6) is 0. The molecule has 5 nitrogen and oxygen atoms in total. The fourth-order valence-corrected chi connectivity index (χ4v) is 1.17. The first kappa shape index (κ1) is 17.0. The molecule has 0 amide bonds. The molecule has 0 spiro atoms. The Labute approximate surface area is 111 Å². The van der Waals surface area contributed by atoms with Gasteiger partial charge in [-0.15, -0.1) is 0 Å². The van der Waals surface area contributed by atoms with Crippen molar-refractivity contribution in [3.05, 3.63) is 24.3 Å². The molecule has 0 saturated heterocycles. The fourth-order valence-electron chi connectivity index (χ4n) is 0.658. The zero-order valence-corrected chi connectivity index (χ0v) is 11.4. The average molecular weight is 238 g/mol. The molecule has 0 aliphatic heterocycles. The van der Waals surface area contributed by atoms with Gasteiger partial charge in [0.25, 0.3) is 0 Å². The first-order valence-corrected chi connectivity index (χ1v) is 5.13. The molecule has 1 rings (SSSR count). The SMILES string of the molecule is C[C-]=O.Nc1ccc(S(N)(=O)=O)cc1.[Na+]. The van der Waals surface area contributed by atoms with Crippen LogP contribution in [0.5, 0.6) is 0 Å². The Hall–Kier alpha value is -0.400. The molecule has 0 aliphatic carbocycles. The topological polar surface area (TPSA) is 103 Å². The van der Waals surface area contributed by atoms with E-state index < -0.39 is 10.0 Å². The third-order valence-electron chi connectivity index (χ3n) is 1.21. The van der Waals surface area contributed by atoms with E-state index in [9.17, 15) is 8.42 Å². The number of primary sulfonamides is 1. The van der Waals surface area contributed by atoms with Crippen molar-refractivity contribution in [1.82, 2.24) is 0 Å². The molecule has 0 atom stereocenters. The van der Waals surface area contributed by atoms with Crippen LogP contribution in [0.15, 0.2) is 29.2 Å². The van der Waals surface area contributed by atoms with Gasteiger partial charge in [-0.2, -0.15) is 6.92 Å². The largest absolute Gasteiger partial charge is 1.00 e. The van der Waals surface area contributed by atoms with Gasteiger partial charge in [-0.25, -0.2) is 13.6 Å². The summed E-state index contributed by atoms with van der Waals surface area (Å²) in [4.78, 5) is 8.76. The van der Waals surface area contributed by atoms with Gasteiger partial charge in [-0.1, -0.05) is 0 Å². The van der Waals surface area contributed by atoms with Gasteiger partial charge in [-0.05, 0) is 24.3 Å². The molecule has 0 radical (unpaired) electrons. The second kappa shape index (κ2) is 7.84. The van der Waals surface area contributed by atoms with Crippen LogP contribution in [0.1, 0.15) is 6.92 Å². The van der Waals surface area contributed by atoms with E-state index in [1.165, 1.54) is 37.5 Å². The van der Waals surface area contributed by atoms with Crippen LogP contribution in [0.2, 0.25) is 0 Å². The Morgan fingerprint density at radius 2 is 1.53 bits per heavy atom. The summed E-state index contributed by atoms with van der Waals surface area (Å²) in [6.07, 6.45) is 1.50. The number of anilines is 1. The van der Waals surface area contributed by atoms with Gasteiger partial charge in [0.1, 0.15) is 0 Å². The maximum absolute atomic E-state index is 10.7. The van der Waals surface area contributed by atoms with Gasteiger partial charge >= 0.3 is 29.6 Å². The standard InChI is InChI=1S/C6H8N2O2S.C2H3O.Na/c7-5-1-3-6(4-2-5)11(8,9)10;1-2-3;/h1-4H,7H2,(H2,8,9,10);1H3;/q;-1;+1. The van der Waals surface area contributed by atoms with Crippen molar-refractivity contribution < 1.29 is 42.8 Å². The fraction of sp³-hybridized carbons (Fsp3) is 0.125. The van der Waals surface area contributed by atoms with Gasteiger partial charge in [0.15, 0.2) is 0 Å². The van der Waals surface area contributed by atoms with Crippen LogP contribution in [0.3, 0.4) is 0 Å². The minimum absolute atomic E-state index is 0. The van der Waals surface area contributed by atoms with Crippen molar-refractivity contribution in [2.45, 2.75) is 11.8 Å². The molecule has 0 aliphatic rings. The zero-order valence-electron chi connectivity index (χ0n) is 8.60. The van der Waals surface area contributed by atoms with Crippen molar-refractivity contribution >= 4 is 22.0 Å². The number of nitrogens with two attached hydrogens (primary N) is 2. The Morgan fingerprint density at radius 1 is 1.20 bits per heavy atom. The van der Waals surface area contributed by atoms with E-state index >= 15 is 0 Å². The van der Waals surface area contributed by atoms with E-state index in [4.69, 9.17) is 15.7 Å². The van der Waals surface area contributed by atoms with Gasteiger partial charge in [0.05, 0.1) is 4.90 Å². The molecular formula is C8H11N2NaO3S. The second-order valence-electron chi connectivity index (χ2n) is 2.32. The third kappa shape index (κ3) is 7.52. The van der Waals surface area contributed by atoms with Crippen LogP contribution < -0.4 is 40.4 Å². The number of hydrogen-bond donors (Lipinski definition) is 2. The number of sulfonamides is 1. The van der Waals surface area contributed by atoms with Crippen LogP contribution in [-0.4, -0.2) is 14.7 Å². The Bertz CT molecular complexity index is 389. The van der Waals surface area contributed by atoms with E-state index in [0.29, 0.717) is 5.69 Å². The third-order valence-corrected chi connectivity index (χ3v) is 2.14. The summed E-state index contributed by atoms with van der Waals surface area (Å²) in [5, 5.41) is 4.84. The number of rotatable bonds is 1. The van der Waals surface area contributed by atoms with Gasteiger partial charge < -0.3 is 10.5 Å². The predicted molar refractivity (Wildman–Crippen MR) is 53.6 cm³/mol. The maximum atomic E-state index is 10.7. The van der Waals surface area contributed by atoms with Gasteiger partial charge in [0, 0.05) is 5.69 Å². The first-order valence-electron chi connectivity index (χ1n) is 3.59. The summed E-state index contributed by atoms with van der Waals surface area (Å²) < 4.78 is 21.4. The predicted octanol–water partition coefficient (Wildman–Crippen LogP) is -2.96. The van der Waals surface area contributed by atoms with Crippen LogP contribution in [0.4, 0.5) is 5.69 Å². The Kier molecular flexibility index (Phi) is 8.89. The van der Waals surface area contributed by atoms with E-state index in [2.05, 4.69) is 0 Å². The Balaban J connectivity index is 0. The second-order valence-corrected chi connectivity index (χ2v) is 3.88. The Morgan fingerprint density at radius 3 is 1.80 bits per heavy atom. The van der Waals surface area contributed by atoms with E-state index in [0.717, 1.165) is 0 Å². The van der Waals surface area contributed by atoms with Crippen LogP contribution in [0, 0.1) is 0 Å². The molecule has 7 heteroatoms. The molecule has 1 aromatic rings. The van der Waals surface area contributed by atoms with Crippen LogP contribution in [0.25, 0.3) is 0 Å². The molecule has 0 saturated carbocycles. The summed E-state index contributed by atoms with van der Waals surface area (Å²) >= 11 is 0. The summed E-state index contributed by atoms with van der Waals surface area (Å²) in [6.45, 7) is 1.32. The van der Waals surface area contributed by atoms with Gasteiger partial charge in [-0.3, -0.25) is 6.29 Å². The van der Waals surface area contributed by atoms with Crippen molar-refractivity contribution in [2.75, 3.05) is 5.73 Å². The zero-order chi connectivity index (χ0) is 11.2.